The van der Waals surface area contributed by atoms with Gasteiger partial charge in [-0.25, -0.2) is 0 Å². The number of hydrogen-bond donors (Lipinski definition) is 1. The molecule has 2 aromatic heterocycles. The maximum Gasteiger partial charge on any atom is 0.211 e. The lowest BCUT2D eigenvalue weighted by Gasteiger charge is -2.02. The predicted octanol–water partition coefficient (Wildman–Crippen LogP) is 0.982. The smallest absolute Gasteiger partial charge is 0.211 e. The van der Waals surface area contributed by atoms with E-state index < -0.39 is 0 Å². The second kappa shape index (κ2) is 3.95. The molecule has 3 rings (SSSR count). The largest absolute Gasteiger partial charge is 0.497 e. The second-order valence-electron chi connectivity index (χ2n) is 3.58. The van der Waals surface area contributed by atoms with E-state index in [0.717, 1.165) is 0 Å². The van der Waals surface area contributed by atoms with Crippen LogP contribution in [0.4, 0.5) is 0 Å². The number of nitrogens with one attached hydrogen (secondary N) is 1. The van der Waals surface area contributed by atoms with E-state index in [9.17, 15) is 4.79 Å². The molecule has 7 heteroatoms. The quantitative estimate of drug-likeness (QED) is 0.722. The molecule has 1 N–H and O–H groups in total. The third-order valence-corrected chi connectivity index (χ3v) is 2.57. The first-order valence-corrected chi connectivity index (χ1v) is 5.13. The van der Waals surface area contributed by atoms with Crippen molar-refractivity contribution < 1.29 is 9.15 Å². The van der Waals surface area contributed by atoms with Gasteiger partial charge in [-0.1, -0.05) is 0 Å². The van der Waals surface area contributed by atoms with E-state index in [4.69, 9.17) is 9.15 Å². The Morgan fingerprint density at radius 3 is 3.00 bits per heavy atom. The Hall–Kier alpha value is -2.70. The molecular weight excluding hydrogens is 236 g/mol. The molecule has 0 aliphatic rings. The lowest BCUT2D eigenvalue weighted by molar-refractivity contribution is 0.415. The Labute approximate surface area is 100 Å². The van der Waals surface area contributed by atoms with Gasteiger partial charge < -0.3 is 9.15 Å². The second-order valence-corrected chi connectivity index (χ2v) is 3.58. The van der Waals surface area contributed by atoms with Crippen molar-refractivity contribution in [3.05, 3.63) is 34.7 Å². The number of nitrogens with zero attached hydrogens (tertiary/aromatic N) is 3. The van der Waals surface area contributed by atoms with E-state index in [2.05, 4.69) is 20.6 Å². The molecule has 0 unspecified atom stereocenters. The Morgan fingerprint density at radius 1 is 1.39 bits per heavy atom. The number of H-pyrrole nitrogens is 1. The minimum Gasteiger partial charge on any atom is -0.497 e. The zero-order valence-corrected chi connectivity index (χ0v) is 9.38. The molecule has 7 nitrogen and oxygen atoms in total. The van der Waals surface area contributed by atoms with E-state index in [1.807, 2.05) is 0 Å². The molecule has 0 atom stereocenters. The Bertz CT molecular complexity index is 749. The number of benzene rings is 1. The monoisotopic (exact) mass is 244 g/mol. The summed E-state index contributed by atoms with van der Waals surface area (Å²) in [5.74, 6) is 0.786. The van der Waals surface area contributed by atoms with Crippen LogP contribution in [0.3, 0.4) is 0 Å². The molecule has 0 aliphatic carbocycles. The first-order valence-electron chi connectivity index (χ1n) is 5.13. The normalized spacial score (nSPS) is 10.7. The summed E-state index contributed by atoms with van der Waals surface area (Å²) in [7, 11) is 1.53. The van der Waals surface area contributed by atoms with Gasteiger partial charge in [-0.3, -0.25) is 4.79 Å². The van der Waals surface area contributed by atoms with E-state index in [-0.39, 0.29) is 16.8 Å². The van der Waals surface area contributed by atoms with Gasteiger partial charge in [-0.05, 0) is 23.4 Å². The lowest BCUT2D eigenvalue weighted by Crippen LogP contribution is -2.06. The van der Waals surface area contributed by atoms with Crippen molar-refractivity contribution in [1.82, 2.24) is 20.6 Å². The minimum absolute atomic E-state index is 0.202. The van der Waals surface area contributed by atoms with Crippen molar-refractivity contribution in [2.45, 2.75) is 0 Å². The maximum absolute atomic E-state index is 12.3. The zero-order valence-electron chi connectivity index (χ0n) is 9.38. The molecule has 0 aliphatic heterocycles. The number of tetrazole rings is 1. The summed E-state index contributed by atoms with van der Waals surface area (Å²) in [4.78, 5) is 12.3. The van der Waals surface area contributed by atoms with Crippen LogP contribution in [0.1, 0.15) is 0 Å². The number of ether oxygens (including phenoxy) is 1. The molecular formula is C11H8N4O3. The molecule has 2 heterocycles. The fourth-order valence-electron chi connectivity index (χ4n) is 1.67. The van der Waals surface area contributed by atoms with Gasteiger partial charge in [0.1, 0.15) is 23.2 Å². The fourth-order valence-corrected chi connectivity index (χ4v) is 1.67. The van der Waals surface area contributed by atoms with Crippen LogP contribution in [0.15, 0.2) is 33.7 Å². The minimum atomic E-state index is -0.225. The van der Waals surface area contributed by atoms with Crippen molar-refractivity contribution in [3.8, 4) is 17.1 Å². The molecule has 0 amide bonds. The standard InChI is InChI=1S/C11H8N4O3/c1-17-6-2-3-9-7(4-6)10(16)8(5-18-9)11-12-14-15-13-11/h2-5H,1H3,(H,12,13,14,15). The molecule has 90 valence electrons. The summed E-state index contributed by atoms with van der Waals surface area (Å²) in [6, 6.07) is 5.01. The first kappa shape index (κ1) is 10.5. The number of fused-ring (bicyclic) bond motifs is 1. The molecule has 0 bridgehead atoms. The van der Waals surface area contributed by atoms with E-state index >= 15 is 0 Å². The van der Waals surface area contributed by atoms with Crippen LogP contribution in [-0.4, -0.2) is 27.7 Å². The van der Waals surface area contributed by atoms with Crippen LogP contribution in [0, 0.1) is 0 Å². The molecule has 0 spiro atoms. The predicted molar refractivity (Wildman–Crippen MR) is 62.2 cm³/mol. The Balaban J connectivity index is 2.31. The third-order valence-electron chi connectivity index (χ3n) is 2.57. The van der Waals surface area contributed by atoms with Crippen molar-refractivity contribution in [1.29, 1.82) is 0 Å². The van der Waals surface area contributed by atoms with E-state index in [1.54, 1.807) is 18.2 Å². The summed E-state index contributed by atoms with van der Waals surface area (Å²) in [6.07, 6.45) is 1.32. The van der Waals surface area contributed by atoms with Gasteiger partial charge in [0, 0.05) is 0 Å². The summed E-state index contributed by atoms with van der Waals surface area (Å²) in [5, 5.41) is 13.6. The van der Waals surface area contributed by atoms with Crippen molar-refractivity contribution in [2.75, 3.05) is 7.11 Å². The maximum atomic E-state index is 12.3. The highest BCUT2D eigenvalue weighted by molar-refractivity contribution is 5.81. The zero-order chi connectivity index (χ0) is 12.5. The number of rotatable bonds is 2. The van der Waals surface area contributed by atoms with Crippen molar-refractivity contribution >= 4 is 11.0 Å². The average molecular weight is 244 g/mol. The highest BCUT2D eigenvalue weighted by atomic mass is 16.5. The Kier molecular flexibility index (Phi) is 2.30. The van der Waals surface area contributed by atoms with Crippen LogP contribution < -0.4 is 10.2 Å². The van der Waals surface area contributed by atoms with Crippen LogP contribution in [0.2, 0.25) is 0 Å². The number of methoxy groups -OCH3 is 1. The Morgan fingerprint density at radius 2 is 2.28 bits per heavy atom. The molecule has 0 radical (unpaired) electrons. The summed E-state index contributed by atoms with van der Waals surface area (Å²) >= 11 is 0. The van der Waals surface area contributed by atoms with Crippen molar-refractivity contribution in [2.24, 2.45) is 0 Å². The van der Waals surface area contributed by atoms with Crippen LogP contribution in [0.25, 0.3) is 22.4 Å². The van der Waals surface area contributed by atoms with Crippen LogP contribution >= 0.6 is 0 Å². The van der Waals surface area contributed by atoms with Gasteiger partial charge in [-0.15, -0.1) is 10.2 Å². The molecule has 0 fully saturated rings. The summed E-state index contributed by atoms with van der Waals surface area (Å²) < 4.78 is 10.4. The van der Waals surface area contributed by atoms with Gasteiger partial charge >= 0.3 is 0 Å². The first-order chi connectivity index (χ1) is 8.79. The number of aromatic nitrogens is 4. The molecule has 3 aromatic rings. The molecule has 0 saturated heterocycles. The third kappa shape index (κ3) is 1.53. The van der Waals surface area contributed by atoms with Crippen LogP contribution in [0.5, 0.6) is 5.75 Å². The van der Waals surface area contributed by atoms with Crippen LogP contribution in [-0.2, 0) is 0 Å². The lowest BCUT2D eigenvalue weighted by atomic mass is 10.1. The topological polar surface area (TPSA) is 93.9 Å². The summed E-state index contributed by atoms with van der Waals surface area (Å²) in [6.45, 7) is 0. The highest BCUT2D eigenvalue weighted by Crippen LogP contribution is 2.20. The van der Waals surface area contributed by atoms with Gasteiger partial charge in [0.05, 0.1) is 12.5 Å². The van der Waals surface area contributed by atoms with Gasteiger partial charge in [0.2, 0.25) is 11.3 Å². The summed E-state index contributed by atoms with van der Waals surface area (Å²) in [5.41, 5.74) is 0.508. The molecule has 18 heavy (non-hydrogen) atoms. The average Bonchev–Trinajstić information content (AvgIpc) is 2.93. The number of hydrogen-bond acceptors (Lipinski definition) is 6. The van der Waals surface area contributed by atoms with E-state index in [1.165, 1.54) is 13.4 Å². The van der Waals surface area contributed by atoms with Gasteiger partial charge in [0.15, 0.2) is 0 Å². The molecule has 0 saturated carbocycles. The van der Waals surface area contributed by atoms with Gasteiger partial charge in [-0.2, -0.15) is 5.21 Å². The fraction of sp³-hybridized carbons (Fsp3) is 0.0909. The van der Waals surface area contributed by atoms with Crippen molar-refractivity contribution in [3.63, 3.8) is 0 Å². The van der Waals surface area contributed by atoms with Gasteiger partial charge in [0.25, 0.3) is 0 Å². The SMILES string of the molecule is COc1ccc2occ(-c3nn[nH]n3)c(=O)c2c1. The molecule has 1 aromatic carbocycles. The highest BCUT2D eigenvalue weighted by Gasteiger charge is 2.12. The number of aromatic amines is 1. The van der Waals surface area contributed by atoms with E-state index in [0.29, 0.717) is 16.7 Å².